The van der Waals surface area contributed by atoms with Gasteiger partial charge in [-0.25, -0.2) is 9.97 Å². The van der Waals surface area contributed by atoms with E-state index in [1.165, 1.54) is 60.5 Å². The van der Waals surface area contributed by atoms with Crippen molar-refractivity contribution in [2.75, 3.05) is 0 Å². The van der Waals surface area contributed by atoms with Gasteiger partial charge in [0.1, 0.15) is 16.8 Å². The fraction of sp³-hybridized carbons (Fsp3) is 0.0278. The molecule has 190 valence electrons. The highest BCUT2D eigenvalue weighted by Crippen LogP contribution is 2.48. The van der Waals surface area contributed by atoms with Crippen molar-refractivity contribution in [2.24, 2.45) is 0 Å². The van der Waals surface area contributed by atoms with Gasteiger partial charge in [0.05, 0.1) is 22.7 Å². The maximum atomic E-state index is 5.15. The number of pyridine rings is 3. The number of aromatic nitrogens is 5. The predicted octanol–water partition coefficient (Wildman–Crippen LogP) is 8.25. The van der Waals surface area contributed by atoms with Gasteiger partial charge >= 0.3 is 0 Å². The number of fused-ring (bicyclic) bond motifs is 16. The van der Waals surface area contributed by atoms with E-state index in [0.717, 1.165) is 34.1 Å². The molecule has 1 aliphatic carbocycles. The first-order chi connectivity index (χ1) is 20.4. The van der Waals surface area contributed by atoms with Crippen molar-refractivity contribution in [1.82, 2.24) is 23.9 Å². The number of nitrogens with zero attached hydrogens (tertiary/aromatic N) is 5. The molecule has 0 spiro atoms. The molecule has 5 heterocycles. The zero-order valence-corrected chi connectivity index (χ0v) is 21.9. The number of rotatable bonds is 1. The van der Waals surface area contributed by atoms with Crippen LogP contribution < -0.4 is 0 Å². The summed E-state index contributed by atoms with van der Waals surface area (Å²) in [5.41, 5.74) is 12.7. The van der Waals surface area contributed by atoms with Crippen molar-refractivity contribution in [2.45, 2.75) is 6.42 Å². The van der Waals surface area contributed by atoms with Crippen molar-refractivity contribution in [3.63, 3.8) is 0 Å². The summed E-state index contributed by atoms with van der Waals surface area (Å²) in [4.78, 5) is 14.3. The molecule has 0 N–H and O–H groups in total. The molecule has 0 saturated carbocycles. The molecular formula is C36H21N5. The van der Waals surface area contributed by atoms with Gasteiger partial charge in [-0.2, -0.15) is 0 Å². The third kappa shape index (κ3) is 2.63. The summed E-state index contributed by atoms with van der Waals surface area (Å²) in [7, 11) is 0. The number of imidazole rings is 1. The fourth-order valence-electron chi connectivity index (χ4n) is 7.23. The molecule has 0 atom stereocenters. The molecule has 0 saturated heterocycles. The third-order valence-electron chi connectivity index (χ3n) is 8.86. The van der Waals surface area contributed by atoms with E-state index in [9.17, 15) is 0 Å². The van der Waals surface area contributed by atoms with Crippen LogP contribution in [0.3, 0.4) is 0 Å². The van der Waals surface area contributed by atoms with Gasteiger partial charge in [-0.1, -0.05) is 60.7 Å². The Kier molecular flexibility index (Phi) is 3.92. The highest BCUT2D eigenvalue weighted by Gasteiger charge is 2.28. The first-order valence-corrected chi connectivity index (χ1v) is 13.9. The SMILES string of the molecule is c1ccc(-n2c3ccccc3c3ccc4c(c32)-c2ccc3c5cccnc5n5c6ccncc6nc5c3c2C4)cc1. The van der Waals surface area contributed by atoms with Crippen LogP contribution in [0.4, 0.5) is 0 Å². The van der Waals surface area contributed by atoms with Crippen molar-refractivity contribution in [1.29, 1.82) is 0 Å². The smallest absolute Gasteiger partial charge is 0.147 e. The molecule has 9 aromatic rings. The van der Waals surface area contributed by atoms with Gasteiger partial charge in [-0.05, 0) is 64.9 Å². The normalized spacial score (nSPS) is 12.8. The Morgan fingerprint density at radius 2 is 1.49 bits per heavy atom. The molecule has 0 amide bonds. The average molecular weight is 524 g/mol. The highest BCUT2D eigenvalue weighted by atomic mass is 15.1. The number of para-hydroxylation sites is 2. The molecule has 41 heavy (non-hydrogen) atoms. The van der Waals surface area contributed by atoms with Crippen LogP contribution in [-0.2, 0) is 6.42 Å². The van der Waals surface area contributed by atoms with Gasteiger partial charge in [0, 0.05) is 45.2 Å². The Labute approximate surface area is 234 Å². The van der Waals surface area contributed by atoms with Crippen LogP contribution in [-0.4, -0.2) is 23.9 Å². The monoisotopic (exact) mass is 523 g/mol. The lowest BCUT2D eigenvalue weighted by atomic mass is 9.97. The van der Waals surface area contributed by atoms with Gasteiger partial charge in [0.15, 0.2) is 0 Å². The number of hydrogen-bond donors (Lipinski definition) is 0. The molecule has 0 unspecified atom stereocenters. The van der Waals surface area contributed by atoms with Gasteiger partial charge in [0.2, 0.25) is 0 Å². The van der Waals surface area contributed by atoms with Crippen LogP contribution in [0.25, 0.3) is 77.1 Å². The summed E-state index contributed by atoms with van der Waals surface area (Å²) in [6.45, 7) is 0. The lowest BCUT2D eigenvalue weighted by Crippen LogP contribution is -1.96. The van der Waals surface area contributed by atoms with E-state index in [-0.39, 0.29) is 0 Å². The molecule has 4 aromatic carbocycles. The summed E-state index contributed by atoms with van der Waals surface area (Å²) < 4.78 is 4.66. The van der Waals surface area contributed by atoms with Crippen LogP contribution in [0.15, 0.2) is 116 Å². The van der Waals surface area contributed by atoms with Gasteiger partial charge in [0.25, 0.3) is 0 Å². The van der Waals surface area contributed by atoms with E-state index < -0.39 is 0 Å². The van der Waals surface area contributed by atoms with E-state index in [0.29, 0.717) is 0 Å². The first kappa shape index (κ1) is 21.3. The molecule has 5 aromatic heterocycles. The summed E-state index contributed by atoms with van der Waals surface area (Å²) in [5, 5.41) is 6.08. The number of benzene rings is 4. The summed E-state index contributed by atoms with van der Waals surface area (Å²) in [6.07, 6.45) is 6.41. The summed E-state index contributed by atoms with van der Waals surface area (Å²) >= 11 is 0. The van der Waals surface area contributed by atoms with E-state index in [1.807, 2.05) is 30.7 Å². The molecule has 0 bridgehead atoms. The van der Waals surface area contributed by atoms with Crippen molar-refractivity contribution in [3.8, 4) is 16.8 Å². The predicted molar refractivity (Wildman–Crippen MR) is 166 cm³/mol. The zero-order valence-electron chi connectivity index (χ0n) is 21.9. The lowest BCUT2D eigenvalue weighted by molar-refractivity contribution is 1.18. The molecule has 10 rings (SSSR count). The summed E-state index contributed by atoms with van der Waals surface area (Å²) in [5.74, 6) is 0. The van der Waals surface area contributed by atoms with Crippen molar-refractivity contribution >= 4 is 60.3 Å². The molecule has 0 radical (unpaired) electrons. The standard InChI is InChI=1S/C36H21N5/c1-2-7-22(8-3-1)40-30-11-5-4-9-23(30)26-13-12-21-19-28-25(32(21)34(26)40)15-14-24-27-10-6-17-38-35(27)41-31-16-18-37-20-29(31)39-36(41)33(24)28/h1-18,20H,19H2. The fourth-order valence-corrected chi connectivity index (χ4v) is 7.23. The van der Waals surface area contributed by atoms with E-state index >= 15 is 0 Å². The minimum atomic E-state index is 0.858. The topological polar surface area (TPSA) is 48.0 Å². The maximum absolute atomic E-state index is 5.15. The Morgan fingerprint density at radius 1 is 0.634 bits per heavy atom. The van der Waals surface area contributed by atoms with Gasteiger partial charge in [-0.15, -0.1) is 0 Å². The Hall–Kier alpha value is -5.55. The van der Waals surface area contributed by atoms with Gasteiger partial charge < -0.3 is 4.57 Å². The minimum absolute atomic E-state index is 0.858. The van der Waals surface area contributed by atoms with Crippen LogP contribution >= 0.6 is 0 Å². The molecule has 0 fully saturated rings. The Morgan fingerprint density at radius 3 is 2.44 bits per heavy atom. The highest BCUT2D eigenvalue weighted by molar-refractivity contribution is 6.19. The van der Waals surface area contributed by atoms with Crippen LogP contribution in [0.1, 0.15) is 11.1 Å². The second-order valence-corrected chi connectivity index (χ2v) is 10.9. The zero-order chi connectivity index (χ0) is 26.7. The Bertz CT molecular complexity index is 2550. The quantitative estimate of drug-likeness (QED) is 0.204. The molecule has 1 aliphatic rings. The average Bonchev–Trinajstić information content (AvgIpc) is 3.71. The molecule has 5 heteroatoms. The minimum Gasteiger partial charge on any atom is -0.309 e. The second-order valence-electron chi connectivity index (χ2n) is 10.9. The summed E-state index contributed by atoms with van der Waals surface area (Å²) in [6, 6.07) is 35.0. The number of hydrogen-bond acceptors (Lipinski definition) is 3. The van der Waals surface area contributed by atoms with Gasteiger partial charge in [-0.3, -0.25) is 9.38 Å². The van der Waals surface area contributed by atoms with Crippen LogP contribution in [0, 0.1) is 0 Å². The van der Waals surface area contributed by atoms with E-state index in [1.54, 1.807) is 0 Å². The van der Waals surface area contributed by atoms with E-state index in [2.05, 4.69) is 98.9 Å². The van der Waals surface area contributed by atoms with Crippen LogP contribution in [0.2, 0.25) is 0 Å². The lowest BCUT2D eigenvalue weighted by Gasteiger charge is -2.13. The van der Waals surface area contributed by atoms with Crippen molar-refractivity contribution in [3.05, 3.63) is 127 Å². The largest absolute Gasteiger partial charge is 0.309 e. The maximum Gasteiger partial charge on any atom is 0.147 e. The molecular weight excluding hydrogens is 502 g/mol. The van der Waals surface area contributed by atoms with Crippen molar-refractivity contribution < 1.29 is 0 Å². The molecule has 5 nitrogen and oxygen atoms in total. The third-order valence-corrected chi connectivity index (χ3v) is 8.86. The second kappa shape index (κ2) is 7.55. The Balaban J connectivity index is 1.40. The first-order valence-electron chi connectivity index (χ1n) is 13.9. The van der Waals surface area contributed by atoms with Crippen LogP contribution in [0.5, 0.6) is 0 Å². The van der Waals surface area contributed by atoms with E-state index in [4.69, 9.17) is 9.97 Å². The molecule has 0 aliphatic heterocycles.